The minimum atomic E-state index is -0.210. The van der Waals surface area contributed by atoms with Gasteiger partial charge in [-0.05, 0) is 91.9 Å². The van der Waals surface area contributed by atoms with Crippen molar-refractivity contribution in [2.45, 2.75) is 32.7 Å². The lowest BCUT2D eigenvalue weighted by atomic mass is 9.99. The third-order valence-corrected chi connectivity index (χ3v) is 8.31. The molecule has 0 aliphatic carbocycles. The van der Waals surface area contributed by atoms with Crippen LogP contribution in [0.4, 0.5) is 5.69 Å². The van der Waals surface area contributed by atoms with Gasteiger partial charge in [0, 0.05) is 13.6 Å². The second-order valence-corrected chi connectivity index (χ2v) is 10.9. The van der Waals surface area contributed by atoms with E-state index in [1.165, 1.54) is 12.8 Å². The van der Waals surface area contributed by atoms with Gasteiger partial charge in [0.25, 0.3) is 5.91 Å². The average molecular weight is 558 g/mol. The summed E-state index contributed by atoms with van der Waals surface area (Å²) in [5, 5.41) is 0. The average Bonchev–Trinajstić information content (AvgIpc) is 3.51. The van der Waals surface area contributed by atoms with Crippen LogP contribution in [0.3, 0.4) is 0 Å². The molecular weight excluding hydrogens is 518 g/mol. The Balaban J connectivity index is 1.39. The van der Waals surface area contributed by atoms with Crippen molar-refractivity contribution < 1.29 is 23.8 Å². The van der Waals surface area contributed by atoms with Crippen LogP contribution in [0.2, 0.25) is 0 Å². The smallest absolute Gasteiger partial charge is 0.265 e. The van der Waals surface area contributed by atoms with E-state index >= 15 is 0 Å². The second-order valence-electron chi connectivity index (χ2n) is 10.9. The van der Waals surface area contributed by atoms with E-state index in [0.717, 1.165) is 47.5 Å². The first-order valence-electron chi connectivity index (χ1n) is 14.1. The van der Waals surface area contributed by atoms with Gasteiger partial charge in [-0.3, -0.25) is 14.5 Å². The maximum absolute atomic E-state index is 13.8. The van der Waals surface area contributed by atoms with Crippen LogP contribution in [0.25, 0.3) is 11.1 Å². The molecule has 5 rings (SSSR count). The van der Waals surface area contributed by atoms with Gasteiger partial charge in [0.2, 0.25) is 5.91 Å². The highest BCUT2D eigenvalue weighted by Gasteiger charge is 2.32. The molecule has 8 heteroatoms. The van der Waals surface area contributed by atoms with Crippen molar-refractivity contribution >= 4 is 17.5 Å². The number of likely N-dealkylation sites (tertiary alicyclic amines) is 1. The fourth-order valence-corrected chi connectivity index (χ4v) is 5.62. The maximum atomic E-state index is 13.8. The number of carbonyl (C=O) groups is 2. The molecule has 1 atom stereocenters. The number of rotatable bonds is 9. The van der Waals surface area contributed by atoms with Crippen molar-refractivity contribution in [1.29, 1.82) is 0 Å². The Bertz CT molecular complexity index is 1420. The van der Waals surface area contributed by atoms with Crippen molar-refractivity contribution in [2.24, 2.45) is 0 Å². The molecule has 8 nitrogen and oxygen atoms in total. The Morgan fingerprint density at radius 1 is 0.927 bits per heavy atom. The third kappa shape index (κ3) is 6.03. The summed E-state index contributed by atoms with van der Waals surface area (Å²) in [5.41, 5.74) is 5.91. The molecule has 0 radical (unpaired) electrons. The van der Waals surface area contributed by atoms with E-state index in [4.69, 9.17) is 14.2 Å². The third-order valence-electron chi connectivity index (χ3n) is 8.31. The van der Waals surface area contributed by atoms with E-state index in [2.05, 4.69) is 29.2 Å². The minimum absolute atomic E-state index is 0.0333. The Labute approximate surface area is 242 Å². The van der Waals surface area contributed by atoms with Crippen LogP contribution in [-0.2, 0) is 9.59 Å². The number of methoxy groups -OCH3 is 2. The molecule has 0 spiro atoms. The lowest BCUT2D eigenvalue weighted by molar-refractivity contribution is -0.133. The van der Waals surface area contributed by atoms with E-state index in [-0.39, 0.29) is 31.0 Å². The van der Waals surface area contributed by atoms with Crippen molar-refractivity contribution in [1.82, 2.24) is 9.80 Å². The molecule has 0 bridgehead atoms. The van der Waals surface area contributed by atoms with Crippen molar-refractivity contribution in [3.63, 3.8) is 0 Å². The molecule has 2 aliphatic rings. The van der Waals surface area contributed by atoms with Crippen molar-refractivity contribution in [2.75, 3.05) is 59.0 Å². The largest absolute Gasteiger partial charge is 0.493 e. The van der Waals surface area contributed by atoms with E-state index in [0.29, 0.717) is 22.9 Å². The van der Waals surface area contributed by atoms with E-state index in [1.54, 1.807) is 24.0 Å². The summed E-state index contributed by atoms with van der Waals surface area (Å²) in [5.74, 6) is 1.68. The Hall–Kier alpha value is -4.04. The summed E-state index contributed by atoms with van der Waals surface area (Å²) in [6.07, 6.45) is 2.33. The van der Waals surface area contributed by atoms with Gasteiger partial charge >= 0.3 is 0 Å². The predicted molar refractivity (Wildman–Crippen MR) is 160 cm³/mol. The van der Waals surface area contributed by atoms with Crippen LogP contribution >= 0.6 is 0 Å². The Kier molecular flexibility index (Phi) is 8.49. The van der Waals surface area contributed by atoms with E-state index in [9.17, 15) is 9.59 Å². The standard InChI is InChI=1S/C33H39N3O5/c1-22-16-27-30(17-23(22)2)41-21-33(38)36(27)20-32(37)34(3)28(19-35-14-6-7-15-35)25-10-8-24(9-11-25)26-12-13-29(39-4)31(18-26)40-5/h8-13,16-18,28H,6-7,14-15,19-21H2,1-5H3. The molecule has 216 valence electrons. The molecule has 1 unspecified atom stereocenters. The molecule has 2 aliphatic heterocycles. The topological polar surface area (TPSA) is 71.6 Å². The molecular formula is C33H39N3O5. The summed E-state index contributed by atoms with van der Waals surface area (Å²) in [7, 11) is 5.10. The maximum Gasteiger partial charge on any atom is 0.265 e. The molecule has 1 saturated heterocycles. The Morgan fingerprint density at radius 2 is 1.59 bits per heavy atom. The number of carbonyl (C=O) groups excluding carboxylic acids is 2. The number of ether oxygens (including phenoxy) is 3. The highest BCUT2D eigenvalue weighted by atomic mass is 16.5. The zero-order valence-corrected chi connectivity index (χ0v) is 24.6. The number of likely N-dealkylation sites (N-methyl/N-ethyl adjacent to an activating group) is 1. The minimum Gasteiger partial charge on any atom is -0.493 e. The highest BCUT2D eigenvalue weighted by Crippen LogP contribution is 2.36. The number of anilines is 1. The van der Waals surface area contributed by atoms with Crippen LogP contribution in [0.1, 0.15) is 35.6 Å². The molecule has 41 heavy (non-hydrogen) atoms. The normalized spacial score (nSPS) is 15.7. The fourth-order valence-electron chi connectivity index (χ4n) is 5.62. The zero-order chi connectivity index (χ0) is 29.1. The quantitative estimate of drug-likeness (QED) is 0.369. The van der Waals surface area contributed by atoms with Crippen LogP contribution in [0, 0.1) is 13.8 Å². The lowest BCUT2D eigenvalue weighted by Gasteiger charge is -2.35. The second kappa shape index (κ2) is 12.2. The van der Waals surface area contributed by atoms with Gasteiger partial charge in [-0.1, -0.05) is 30.3 Å². The van der Waals surface area contributed by atoms with Crippen LogP contribution in [0.15, 0.2) is 54.6 Å². The number of nitrogens with zero attached hydrogens (tertiary/aromatic N) is 3. The SMILES string of the molecule is COc1ccc(-c2ccc(C(CN3CCCC3)N(C)C(=O)CN3C(=O)COc4cc(C)c(C)cc43)cc2)cc1OC. The van der Waals surface area contributed by atoms with Gasteiger partial charge in [0.05, 0.1) is 25.9 Å². The number of benzene rings is 3. The van der Waals surface area contributed by atoms with Gasteiger partial charge in [-0.25, -0.2) is 0 Å². The van der Waals surface area contributed by atoms with Crippen molar-refractivity contribution in [3.05, 3.63) is 71.3 Å². The molecule has 2 heterocycles. The number of aryl methyl sites for hydroxylation is 2. The van der Waals surface area contributed by atoms with Crippen LogP contribution < -0.4 is 19.1 Å². The summed E-state index contributed by atoms with van der Waals surface area (Å²) in [4.78, 5) is 32.4. The number of hydrogen-bond acceptors (Lipinski definition) is 6. The van der Waals surface area contributed by atoms with E-state index in [1.807, 2.05) is 51.2 Å². The van der Waals surface area contributed by atoms with Crippen LogP contribution in [0.5, 0.6) is 17.2 Å². The molecule has 0 aromatic heterocycles. The van der Waals surface area contributed by atoms with Gasteiger partial charge in [0.1, 0.15) is 12.3 Å². The molecule has 1 fully saturated rings. The van der Waals surface area contributed by atoms with E-state index < -0.39 is 0 Å². The van der Waals surface area contributed by atoms with Gasteiger partial charge in [-0.15, -0.1) is 0 Å². The molecule has 0 N–H and O–H groups in total. The first kappa shape index (κ1) is 28.5. The molecule has 3 aromatic carbocycles. The fraction of sp³-hybridized carbons (Fsp3) is 0.394. The summed E-state index contributed by atoms with van der Waals surface area (Å²) >= 11 is 0. The van der Waals surface area contributed by atoms with Gasteiger partial charge < -0.3 is 24.0 Å². The predicted octanol–water partition coefficient (Wildman–Crippen LogP) is 5.01. The van der Waals surface area contributed by atoms with Gasteiger partial charge in [0.15, 0.2) is 18.1 Å². The summed E-state index contributed by atoms with van der Waals surface area (Å²) in [6, 6.07) is 17.9. The highest BCUT2D eigenvalue weighted by molar-refractivity contribution is 6.02. The molecule has 2 amide bonds. The first-order chi connectivity index (χ1) is 19.8. The first-order valence-corrected chi connectivity index (χ1v) is 14.1. The summed E-state index contributed by atoms with van der Waals surface area (Å²) < 4.78 is 16.6. The monoisotopic (exact) mass is 557 g/mol. The summed E-state index contributed by atoms with van der Waals surface area (Å²) in [6.45, 7) is 6.70. The van der Waals surface area contributed by atoms with Crippen molar-refractivity contribution in [3.8, 4) is 28.4 Å². The number of fused-ring (bicyclic) bond motifs is 1. The molecule has 0 saturated carbocycles. The number of amides is 2. The zero-order valence-electron chi connectivity index (χ0n) is 24.6. The number of hydrogen-bond donors (Lipinski definition) is 0. The Morgan fingerprint density at radius 3 is 2.27 bits per heavy atom. The molecule has 3 aromatic rings. The lowest BCUT2D eigenvalue weighted by Crippen LogP contribution is -2.47. The van der Waals surface area contributed by atoms with Gasteiger partial charge in [-0.2, -0.15) is 0 Å². The van der Waals surface area contributed by atoms with Crippen LogP contribution in [-0.4, -0.2) is 75.7 Å².